The lowest BCUT2D eigenvalue weighted by atomic mass is 9.32. The number of furan rings is 1. The number of aryl methyl sites for hydroxylation is 1. The summed E-state index contributed by atoms with van der Waals surface area (Å²) in [6, 6.07) is 1.95. The first-order valence-electron chi connectivity index (χ1n) is 19.5. The van der Waals surface area contributed by atoms with Crippen molar-refractivity contribution in [2.24, 2.45) is 39.4 Å². The first-order valence-corrected chi connectivity index (χ1v) is 19.5. The van der Waals surface area contributed by atoms with Gasteiger partial charge in [-0.25, -0.2) is 4.79 Å². The van der Waals surface area contributed by atoms with E-state index in [1.54, 1.807) is 6.26 Å². The van der Waals surface area contributed by atoms with Gasteiger partial charge in [0, 0.05) is 28.2 Å². The van der Waals surface area contributed by atoms with Crippen LogP contribution in [0.3, 0.4) is 0 Å². The van der Waals surface area contributed by atoms with Crippen molar-refractivity contribution in [2.45, 2.75) is 160 Å². The van der Waals surface area contributed by atoms with E-state index < -0.39 is 69.2 Å². The van der Waals surface area contributed by atoms with Gasteiger partial charge >= 0.3 is 11.9 Å². The molecular formula is C40H54O9. The van der Waals surface area contributed by atoms with Crippen LogP contribution in [0.5, 0.6) is 0 Å². The van der Waals surface area contributed by atoms with Crippen LogP contribution < -0.4 is 0 Å². The van der Waals surface area contributed by atoms with Crippen LogP contribution in [0.2, 0.25) is 0 Å². The van der Waals surface area contributed by atoms with Crippen molar-refractivity contribution in [2.75, 3.05) is 6.61 Å². The van der Waals surface area contributed by atoms with Crippen LogP contribution in [-0.4, -0.2) is 58.9 Å². The minimum atomic E-state index is -1.35. The number of ether oxygens (including phenoxy) is 4. The molecule has 8 fully saturated rings. The molecule has 0 amide bonds. The molecular weight excluding hydrogens is 624 g/mol. The highest BCUT2D eigenvalue weighted by atomic mass is 16.7. The fraction of sp³-hybridized carbons (Fsp3) is 0.825. The molecule has 1 N–H and O–H groups in total. The Morgan fingerprint density at radius 3 is 2.39 bits per heavy atom. The summed E-state index contributed by atoms with van der Waals surface area (Å²) in [5.41, 5.74) is -4.59. The van der Waals surface area contributed by atoms with Gasteiger partial charge in [-0.15, -0.1) is 0 Å². The molecule has 0 aromatic carbocycles. The molecule has 3 spiro atoms. The number of ketones is 1. The van der Waals surface area contributed by atoms with Crippen LogP contribution in [0.15, 0.2) is 16.7 Å². The molecule has 4 saturated carbocycles. The van der Waals surface area contributed by atoms with Crippen molar-refractivity contribution >= 4 is 17.7 Å². The van der Waals surface area contributed by atoms with Gasteiger partial charge in [-0.05, 0) is 76.7 Å². The van der Waals surface area contributed by atoms with E-state index in [-0.39, 0.29) is 30.2 Å². The number of hydrogen-bond donors (Lipinski definition) is 1. The number of fused-ring (bicyclic) bond motifs is 2. The van der Waals surface area contributed by atoms with E-state index >= 15 is 4.79 Å². The quantitative estimate of drug-likeness (QED) is 0.202. The third-order valence-electron chi connectivity index (χ3n) is 15.7. The molecule has 0 bridgehead atoms. The predicted molar refractivity (Wildman–Crippen MR) is 176 cm³/mol. The monoisotopic (exact) mass is 678 g/mol. The highest BCUT2D eigenvalue weighted by Crippen LogP contribution is 2.83. The van der Waals surface area contributed by atoms with Crippen LogP contribution >= 0.6 is 0 Å². The Hall–Kier alpha value is -2.23. The zero-order valence-corrected chi connectivity index (χ0v) is 29.7. The summed E-state index contributed by atoms with van der Waals surface area (Å²) >= 11 is 0. The number of hydrogen-bond acceptors (Lipinski definition) is 9. The zero-order chi connectivity index (χ0) is 34.2. The maximum atomic E-state index is 15.3. The third-order valence-corrected chi connectivity index (χ3v) is 15.7. The maximum absolute atomic E-state index is 15.3. The van der Waals surface area contributed by atoms with Crippen LogP contribution in [0.4, 0.5) is 0 Å². The molecule has 5 heterocycles. The summed E-state index contributed by atoms with van der Waals surface area (Å²) in [5, 5.41) is 13.0. The second kappa shape index (κ2) is 10.7. The number of aliphatic hydroxyl groups excluding tert-OH is 1. The molecule has 9 nitrogen and oxygen atoms in total. The molecule has 10 unspecified atom stereocenters. The highest BCUT2D eigenvalue weighted by Gasteiger charge is 2.93. The SMILES string of the molecule is CCCCCc1occc1C1OC(=O)C2OC23C1(C)CCC1C24COC(=O)C5(CCCC5)C2OC(C)(C)C4C(=O)C(O)C13C1CCCCC1. The second-order valence-electron chi connectivity index (χ2n) is 18.0. The molecule has 8 aliphatic rings. The van der Waals surface area contributed by atoms with Gasteiger partial charge < -0.3 is 28.5 Å². The van der Waals surface area contributed by atoms with Crippen molar-refractivity contribution in [3.63, 3.8) is 0 Å². The molecule has 0 radical (unpaired) electrons. The van der Waals surface area contributed by atoms with Crippen LogP contribution in [0, 0.1) is 39.4 Å². The molecule has 268 valence electrons. The minimum absolute atomic E-state index is 0.0495. The molecule has 4 aliphatic carbocycles. The lowest BCUT2D eigenvalue weighted by molar-refractivity contribution is -0.284. The first-order chi connectivity index (χ1) is 23.5. The van der Waals surface area contributed by atoms with Gasteiger partial charge in [0.05, 0.1) is 29.3 Å². The number of carbonyl (C=O) groups is 3. The number of carbonyl (C=O) groups excluding carboxylic acids is 3. The Balaban J connectivity index is 1.26. The Kier molecular flexibility index (Phi) is 7.11. The van der Waals surface area contributed by atoms with E-state index in [0.29, 0.717) is 25.7 Å². The van der Waals surface area contributed by atoms with Gasteiger partial charge in [-0.1, -0.05) is 58.8 Å². The van der Waals surface area contributed by atoms with Crippen LogP contribution in [-0.2, 0) is 39.8 Å². The number of cyclic esters (lactones) is 2. The number of aliphatic hydroxyl groups is 1. The van der Waals surface area contributed by atoms with Gasteiger partial charge in [0.15, 0.2) is 11.9 Å². The summed E-state index contributed by atoms with van der Waals surface area (Å²) in [6.45, 7) is 8.39. The summed E-state index contributed by atoms with van der Waals surface area (Å²) in [6.07, 6.45) is 11.6. The minimum Gasteiger partial charge on any atom is -0.469 e. The summed E-state index contributed by atoms with van der Waals surface area (Å²) in [4.78, 5) is 43.4. The fourth-order valence-electron chi connectivity index (χ4n) is 14.1. The molecule has 4 aliphatic heterocycles. The summed E-state index contributed by atoms with van der Waals surface area (Å²) in [7, 11) is 0. The molecule has 9 heteroatoms. The average molecular weight is 679 g/mol. The number of epoxide rings is 1. The maximum Gasteiger partial charge on any atom is 0.339 e. The normalized spacial score (nSPS) is 46.3. The van der Waals surface area contributed by atoms with E-state index in [1.807, 2.05) is 19.9 Å². The Bertz CT molecular complexity index is 1550. The molecule has 10 atom stereocenters. The molecule has 49 heavy (non-hydrogen) atoms. The Morgan fingerprint density at radius 2 is 1.65 bits per heavy atom. The number of Topliss-reactive ketones (excluding diaryl/α,β-unsaturated/α-hetero) is 1. The van der Waals surface area contributed by atoms with Crippen LogP contribution in [0.25, 0.3) is 0 Å². The average Bonchev–Trinajstić information content (AvgIpc) is 3.34. The van der Waals surface area contributed by atoms with E-state index in [2.05, 4.69) is 13.8 Å². The Labute approximate surface area is 289 Å². The van der Waals surface area contributed by atoms with Crippen molar-refractivity contribution in [3.8, 4) is 0 Å². The predicted octanol–water partition coefficient (Wildman–Crippen LogP) is 6.57. The van der Waals surface area contributed by atoms with E-state index in [4.69, 9.17) is 23.4 Å². The van der Waals surface area contributed by atoms with Crippen molar-refractivity contribution in [1.29, 1.82) is 0 Å². The van der Waals surface area contributed by atoms with Crippen molar-refractivity contribution in [3.05, 3.63) is 23.7 Å². The highest BCUT2D eigenvalue weighted by molar-refractivity contribution is 5.92. The zero-order valence-electron chi connectivity index (χ0n) is 29.7. The molecule has 4 saturated heterocycles. The third kappa shape index (κ3) is 3.71. The largest absolute Gasteiger partial charge is 0.469 e. The fourth-order valence-corrected chi connectivity index (χ4v) is 14.1. The number of rotatable bonds is 6. The van der Waals surface area contributed by atoms with E-state index in [9.17, 15) is 14.7 Å². The van der Waals surface area contributed by atoms with Gasteiger partial charge in [0.1, 0.15) is 30.2 Å². The van der Waals surface area contributed by atoms with Gasteiger partial charge in [-0.2, -0.15) is 0 Å². The standard InChI is InChI=1S/C40H54O9/c1-5-6-8-15-25-24(17-21-45-25)30-36(4)20-16-26-38-22-46-34(44)37(18-11-12-19-37)33(38)49-35(2,3)28(38)27(41)29(42)39(26,23-13-9-7-10-14-23)40(36)31(48-40)32(43)47-30/h17,21,23,26,28-31,33,42H,5-16,18-20,22H2,1-4H3. The van der Waals surface area contributed by atoms with Gasteiger partial charge in [0.2, 0.25) is 0 Å². The van der Waals surface area contributed by atoms with E-state index in [1.165, 1.54) is 0 Å². The number of unbranched alkanes of at least 4 members (excludes halogenated alkanes) is 2. The smallest absolute Gasteiger partial charge is 0.339 e. The second-order valence-corrected chi connectivity index (χ2v) is 18.0. The van der Waals surface area contributed by atoms with Crippen molar-refractivity contribution in [1.82, 2.24) is 0 Å². The van der Waals surface area contributed by atoms with Crippen molar-refractivity contribution < 1.29 is 42.9 Å². The first kappa shape index (κ1) is 32.7. The Morgan fingerprint density at radius 1 is 0.898 bits per heavy atom. The lowest BCUT2D eigenvalue weighted by Crippen LogP contribution is -2.79. The van der Waals surface area contributed by atoms with Gasteiger partial charge in [-0.3, -0.25) is 9.59 Å². The number of esters is 2. The molecule has 9 rings (SSSR count). The summed E-state index contributed by atoms with van der Waals surface area (Å²) in [5.74, 6) is -0.955. The summed E-state index contributed by atoms with van der Waals surface area (Å²) < 4.78 is 32.8. The molecule has 1 aromatic heterocycles. The molecule has 1 aromatic rings. The van der Waals surface area contributed by atoms with Gasteiger partial charge in [0.25, 0.3) is 0 Å². The van der Waals surface area contributed by atoms with E-state index in [0.717, 1.165) is 82.0 Å². The topological polar surface area (TPSA) is 125 Å². The lowest BCUT2D eigenvalue weighted by Gasteiger charge is -2.70. The van der Waals surface area contributed by atoms with Crippen LogP contribution in [0.1, 0.15) is 135 Å².